The first-order valence-corrected chi connectivity index (χ1v) is 13.5. The molecule has 3 aromatic heterocycles. The largest absolute Gasteiger partial charge is 0.255 e. The van der Waals surface area contributed by atoms with Crippen LogP contribution in [0.15, 0.2) is 121 Å². The van der Waals surface area contributed by atoms with Gasteiger partial charge in [-0.2, -0.15) is 0 Å². The van der Waals surface area contributed by atoms with Crippen LogP contribution in [-0.2, 0) is 0 Å². The highest BCUT2D eigenvalue weighted by molar-refractivity contribution is 7.26. The van der Waals surface area contributed by atoms with Crippen molar-refractivity contribution in [3.8, 4) is 45.0 Å². The lowest BCUT2D eigenvalue weighted by Crippen LogP contribution is -1.96. The standard InChI is InChI=1S/C33H20ClN3S/c34-27-16-15-23(24-17-18-35-31-25-13-7-8-14-30(25)38-32(24)31)19-26(27)29-20-28(21-9-3-1-4-10-21)36-33(37-29)22-11-5-2-6-12-22/h1-20H. The smallest absolute Gasteiger partial charge is 0.160 e. The summed E-state index contributed by atoms with van der Waals surface area (Å²) in [6, 6.07) is 38.9. The van der Waals surface area contributed by atoms with Crippen LogP contribution in [0.5, 0.6) is 0 Å². The van der Waals surface area contributed by atoms with Crippen molar-refractivity contribution in [1.29, 1.82) is 0 Å². The van der Waals surface area contributed by atoms with Crippen LogP contribution in [0.1, 0.15) is 0 Å². The highest BCUT2D eigenvalue weighted by Crippen LogP contribution is 2.41. The molecule has 3 nitrogen and oxygen atoms in total. The molecule has 0 bridgehead atoms. The fourth-order valence-corrected chi connectivity index (χ4v) is 6.19. The van der Waals surface area contributed by atoms with Crippen molar-refractivity contribution in [3.63, 3.8) is 0 Å². The molecular formula is C33H20ClN3S. The average Bonchev–Trinajstić information content (AvgIpc) is 3.37. The highest BCUT2D eigenvalue weighted by Gasteiger charge is 2.16. The Balaban J connectivity index is 1.43. The molecule has 0 N–H and O–H groups in total. The van der Waals surface area contributed by atoms with Gasteiger partial charge in [0.25, 0.3) is 0 Å². The van der Waals surface area contributed by atoms with E-state index in [0.29, 0.717) is 10.8 Å². The maximum absolute atomic E-state index is 6.83. The van der Waals surface area contributed by atoms with Crippen molar-refractivity contribution in [2.75, 3.05) is 0 Å². The summed E-state index contributed by atoms with van der Waals surface area (Å²) < 4.78 is 2.40. The Bertz CT molecular complexity index is 1870. The summed E-state index contributed by atoms with van der Waals surface area (Å²) in [5.41, 5.74) is 7.73. The first kappa shape index (κ1) is 22.8. The SMILES string of the molecule is Clc1ccc(-c2ccnc3c2sc2ccccc23)cc1-c1cc(-c2ccccc2)nc(-c2ccccc2)n1. The van der Waals surface area contributed by atoms with Gasteiger partial charge in [-0.25, -0.2) is 9.97 Å². The topological polar surface area (TPSA) is 38.7 Å². The second-order valence-electron chi connectivity index (χ2n) is 9.02. The van der Waals surface area contributed by atoms with E-state index in [9.17, 15) is 0 Å². The highest BCUT2D eigenvalue weighted by atomic mass is 35.5. The molecule has 0 amide bonds. The molecule has 4 aromatic carbocycles. The van der Waals surface area contributed by atoms with E-state index in [2.05, 4.69) is 54.6 Å². The van der Waals surface area contributed by atoms with Gasteiger partial charge in [0.1, 0.15) is 0 Å². The minimum atomic E-state index is 0.645. The van der Waals surface area contributed by atoms with Gasteiger partial charge in [-0.05, 0) is 35.9 Å². The van der Waals surface area contributed by atoms with Crippen LogP contribution in [0.2, 0.25) is 5.02 Å². The zero-order valence-electron chi connectivity index (χ0n) is 20.2. The molecular weight excluding hydrogens is 506 g/mol. The number of hydrogen-bond donors (Lipinski definition) is 0. The van der Waals surface area contributed by atoms with E-state index >= 15 is 0 Å². The molecule has 0 aliphatic rings. The van der Waals surface area contributed by atoms with Crippen molar-refractivity contribution >= 4 is 43.2 Å². The zero-order valence-corrected chi connectivity index (χ0v) is 21.7. The predicted octanol–water partition coefficient (Wildman–Crippen LogP) is 9.56. The fraction of sp³-hybridized carbons (Fsp3) is 0. The van der Waals surface area contributed by atoms with Gasteiger partial charge in [-0.15, -0.1) is 11.3 Å². The molecule has 0 aliphatic heterocycles. The number of fused-ring (bicyclic) bond motifs is 3. The molecule has 0 saturated heterocycles. The predicted molar refractivity (Wildman–Crippen MR) is 159 cm³/mol. The third-order valence-electron chi connectivity index (χ3n) is 6.64. The Morgan fingerprint density at radius 3 is 2.11 bits per heavy atom. The van der Waals surface area contributed by atoms with Crippen molar-refractivity contribution in [2.24, 2.45) is 0 Å². The molecule has 0 radical (unpaired) electrons. The third-order valence-corrected chi connectivity index (χ3v) is 8.16. The molecule has 7 aromatic rings. The third kappa shape index (κ3) is 4.04. The minimum absolute atomic E-state index is 0.645. The van der Waals surface area contributed by atoms with E-state index in [1.165, 1.54) is 14.8 Å². The van der Waals surface area contributed by atoms with Crippen LogP contribution >= 0.6 is 22.9 Å². The zero-order chi connectivity index (χ0) is 25.5. The van der Waals surface area contributed by atoms with Crippen molar-refractivity contribution in [1.82, 2.24) is 15.0 Å². The van der Waals surface area contributed by atoms with Crippen LogP contribution in [0, 0.1) is 0 Å². The van der Waals surface area contributed by atoms with E-state index in [-0.39, 0.29) is 0 Å². The Kier molecular flexibility index (Phi) is 5.69. The number of hydrogen-bond acceptors (Lipinski definition) is 4. The Labute approximate surface area is 229 Å². The number of halogens is 1. The molecule has 0 aliphatic carbocycles. The van der Waals surface area contributed by atoms with Crippen molar-refractivity contribution in [2.45, 2.75) is 0 Å². The molecule has 0 spiro atoms. The van der Waals surface area contributed by atoms with Gasteiger partial charge >= 0.3 is 0 Å². The van der Waals surface area contributed by atoms with E-state index < -0.39 is 0 Å². The summed E-state index contributed by atoms with van der Waals surface area (Å²) in [7, 11) is 0. The fourth-order valence-electron chi connectivity index (χ4n) is 4.78. The Hall–Kier alpha value is -4.38. The molecule has 7 rings (SSSR count). The number of thiophene rings is 1. The minimum Gasteiger partial charge on any atom is -0.255 e. The summed E-state index contributed by atoms with van der Waals surface area (Å²) in [5, 5.41) is 1.83. The van der Waals surface area contributed by atoms with Crippen molar-refractivity contribution in [3.05, 3.63) is 126 Å². The molecule has 180 valence electrons. The lowest BCUT2D eigenvalue weighted by Gasteiger charge is -2.12. The number of rotatable bonds is 4. The summed E-state index contributed by atoms with van der Waals surface area (Å²) in [4.78, 5) is 14.6. The molecule has 0 saturated carbocycles. The molecule has 5 heteroatoms. The number of benzene rings is 4. The summed E-state index contributed by atoms with van der Waals surface area (Å²) in [6.07, 6.45) is 1.89. The Morgan fingerprint density at radius 1 is 0.579 bits per heavy atom. The lowest BCUT2D eigenvalue weighted by molar-refractivity contribution is 1.18. The monoisotopic (exact) mass is 525 g/mol. The second-order valence-corrected chi connectivity index (χ2v) is 10.5. The van der Waals surface area contributed by atoms with Gasteiger partial charge in [-0.3, -0.25) is 4.98 Å². The van der Waals surface area contributed by atoms with E-state index in [1.807, 2.05) is 66.9 Å². The van der Waals surface area contributed by atoms with Crippen molar-refractivity contribution < 1.29 is 0 Å². The summed E-state index contributed by atoms with van der Waals surface area (Å²) >= 11 is 8.59. The first-order valence-electron chi connectivity index (χ1n) is 12.3. The number of pyridine rings is 1. The molecule has 0 unspecified atom stereocenters. The van der Waals surface area contributed by atoms with Crippen LogP contribution in [0.25, 0.3) is 65.3 Å². The van der Waals surface area contributed by atoms with E-state index in [1.54, 1.807) is 11.3 Å². The van der Waals surface area contributed by atoms with Gasteiger partial charge in [0.05, 0.1) is 26.6 Å². The molecule has 0 atom stereocenters. The van der Waals surface area contributed by atoms with Gasteiger partial charge in [-0.1, -0.05) is 96.5 Å². The van der Waals surface area contributed by atoms with Crippen LogP contribution in [0.3, 0.4) is 0 Å². The van der Waals surface area contributed by atoms with Gasteiger partial charge in [0, 0.05) is 38.5 Å². The normalized spacial score (nSPS) is 11.3. The summed E-state index contributed by atoms with van der Waals surface area (Å²) in [6.45, 7) is 0. The van der Waals surface area contributed by atoms with Crippen LogP contribution in [0.4, 0.5) is 0 Å². The average molecular weight is 526 g/mol. The number of aromatic nitrogens is 3. The maximum atomic E-state index is 6.83. The molecule has 38 heavy (non-hydrogen) atoms. The van der Waals surface area contributed by atoms with E-state index in [0.717, 1.165) is 44.7 Å². The first-order chi connectivity index (χ1) is 18.7. The molecule has 3 heterocycles. The van der Waals surface area contributed by atoms with Gasteiger partial charge < -0.3 is 0 Å². The van der Waals surface area contributed by atoms with Gasteiger partial charge in [0.2, 0.25) is 0 Å². The van der Waals surface area contributed by atoms with Crippen LogP contribution in [-0.4, -0.2) is 15.0 Å². The second kappa shape index (κ2) is 9.49. The Morgan fingerprint density at radius 2 is 1.29 bits per heavy atom. The maximum Gasteiger partial charge on any atom is 0.160 e. The quantitative estimate of drug-likeness (QED) is 0.229. The summed E-state index contributed by atoms with van der Waals surface area (Å²) in [5.74, 6) is 0.666. The van der Waals surface area contributed by atoms with Gasteiger partial charge in [0.15, 0.2) is 5.82 Å². The lowest BCUT2D eigenvalue weighted by atomic mass is 10.0. The number of nitrogens with zero attached hydrogens (tertiary/aromatic N) is 3. The molecule has 0 fully saturated rings. The van der Waals surface area contributed by atoms with E-state index in [4.69, 9.17) is 26.6 Å². The van der Waals surface area contributed by atoms with Crippen LogP contribution < -0.4 is 0 Å².